The monoisotopic (exact) mass is 309 g/mol. The summed E-state index contributed by atoms with van der Waals surface area (Å²) in [5.74, 6) is -0.450. The van der Waals surface area contributed by atoms with E-state index in [4.69, 9.17) is 14.6 Å². The summed E-state index contributed by atoms with van der Waals surface area (Å²) in [5, 5.41) is 11.7. The molecular weight excluding hydrogens is 286 g/mol. The van der Waals surface area contributed by atoms with Crippen molar-refractivity contribution in [1.82, 2.24) is 5.32 Å². The summed E-state index contributed by atoms with van der Waals surface area (Å²) in [6, 6.07) is 5.22. The van der Waals surface area contributed by atoms with E-state index in [1.807, 2.05) is 6.92 Å². The lowest BCUT2D eigenvalue weighted by atomic mass is 10.0. The van der Waals surface area contributed by atoms with Crippen LogP contribution in [-0.4, -0.2) is 37.7 Å². The van der Waals surface area contributed by atoms with Crippen molar-refractivity contribution in [2.24, 2.45) is 5.92 Å². The smallest absolute Gasteiger partial charge is 0.308 e. The quantitative estimate of drug-likeness (QED) is 0.727. The molecule has 22 heavy (non-hydrogen) atoms. The molecule has 0 fully saturated rings. The number of hydrogen-bond donors (Lipinski definition) is 2. The Labute approximate surface area is 130 Å². The second-order valence-corrected chi connectivity index (χ2v) is 4.98. The SMILES string of the molecule is CCCC(CNC(=O)Cc1cc(OC)ccc1OC)C(=O)O. The number of hydrogen-bond acceptors (Lipinski definition) is 4. The molecule has 0 heterocycles. The van der Waals surface area contributed by atoms with Crippen LogP contribution in [0.1, 0.15) is 25.3 Å². The second-order valence-electron chi connectivity index (χ2n) is 4.98. The normalized spacial score (nSPS) is 11.6. The highest BCUT2D eigenvalue weighted by molar-refractivity contribution is 5.80. The van der Waals surface area contributed by atoms with Crippen molar-refractivity contribution in [3.63, 3.8) is 0 Å². The van der Waals surface area contributed by atoms with E-state index in [1.165, 1.54) is 7.11 Å². The lowest BCUT2D eigenvalue weighted by Crippen LogP contribution is -2.33. The van der Waals surface area contributed by atoms with E-state index >= 15 is 0 Å². The van der Waals surface area contributed by atoms with Gasteiger partial charge in [0.25, 0.3) is 0 Å². The van der Waals surface area contributed by atoms with Crippen LogP contribution in [0.4, 0.5) is 0 Å². The van der Waals surface area contributed by atoms with Gasteiger partial charge in [0.2, 0.25) is 5.91 Å². The molecule has 0 aromatic heterocycles. The van der Waals surface area contributed by atoms with Gasteiger partial charge < -0.3 is 19.9 Å². The highest BCUT2D eigenvalue weighted by Crippen LogP contribution is 2.24. The number of carboxylic acids is 1. The minimum atomic E-state index is -0.888. The van der Waals surface area contributed by atoms with Crippen LogP contribution in [0.2, 0.25) is 0 Å². The molecule has 6 nitrogen and oxygen atoms in total. The lowest BCUT2D eigenvalue weighted by Gasteiger charge is -2.14. The summed E-state index contributed by atoms with van der Waals surface area (Å²) >= 11 is 0. The van der Waals surface area contributed by atoms with Gasteiger partial charge in [0.1, 0.15) is 11.5 Å². The molecule has 1 unspecified atom stereocenters. The zero-order valence-corrected chi connectivity index (χ0v) is 13.2. The molecule has 0 radical (unpaired) electrons. The van der Waals surface area contributed by atoms with Crippen LogP contribution in [-0.2, 0) is 16.0 Å². The number of benzene rings is 1. The summed E-state index contributed by atoms with van der Waals surface area (Å²) in [5.41, 5.74) is 0.696. The van der Waals surface area contributed by atoms with Crippen LogP contribution < -0.4 is 14.8 Å². The van der Waals surface area contributed by atoms with Crippen LogP contribution in [0.25, 0.3) is 0 Å². The van der Waals surface area contributed by atoms with Crippen molar-refractivity contribution in [1.29, 1.82) is 0 Å². The largest absolute Gasteiger partial charge is 0.497 e. The molecule has 1 rings (SSSR count). The zero-order chi connectivity index (χ0) is 16.5. The number of carbonyl (C=O) groups excluding carboxylic acids is 1. The van der Waals surface area contributed by atoms with Gasteiger partial charge in [-0.05, 0) is 24.6 Å². The summed E-state index contributed by atoms with van der Waals surface area (Å²) < 4.78 is 10.4. The second kappa shape index (κ2) is 8.92. The predicted octanol–water partition coefficient (Wildman–Crippen LogP) is 1.86. The van der Waals surface area contributed by atoms with E-state index in [9.17, 15) is 9.59 Å². The van der Waals surface area contributed by atoms with Crippen LogP contribution in [0.3, 0.4) is 0 Å². The van der Waals surface area contributed by atoms with Crippen molar-refractivity contribution in [2.75, 3.05) is 20.8 Å². The fourth-order valence-electron chi connectivity index (χ4n) is 2.15. The maximum absolute atomic E-state index is 12.0. The molecule has 122 valence electrons. The highest BCUT2D eigenvalue weighted by atomic mass is 16.5. The number of methoxy groups -OCH3 is 2. The maximum Gasteiger partial charge on any atom is 0.308 e. The Balaban J connectivity index is 2.66. The van der Waals surface area contributed by atoms with Gasteiger partial charge in [-0.1, -0.05) is 13.3 Å². The summed E-state index contributed by atoms with van der Waals surface area (Å²) in [4.78, 5) is 23.1. The average Bonchev–Trinajstić information content (AvgIpc) is 2.50. The molecule has 0 spiro atoms. The first-order valence-corrected chi connectivity index (χ1v) is 7.22. The number of amides is 1. The first kappa shape index (κ1) is 17.8. The van der Waals surface area contributed by atoms with Gasteiger partial charge in [0.15, 0.2) is 0 Å². The van der Waals surface area contributed by atoms with Crippen molar-refractivity contribution in [2.45, 2.75) is 26.2 Å². The van der Waals surface area contributed by atoms with Gasteiger partial charge >= 0.3 is 5.97 Å². The number of nitrogens with one attached hydrogen (secondary N) is 1. The van der Waals surface area contributed by atoms with Crippen molar-refractivity contribution >= 4 is 11.9 Å². The molecule has 0 aliphatic carbocycles. The number of rotatable bonds is 9. The van der Waals surface area contributed by atoms with Gasteiger partial charge in [-0.2, -0.15) is 0 Å². The van der Waals surface area contributed by atoms with Gasteiger partial charge in [0.05, 0.1) is 26.6 Å². The molecule has 6 heteroatoms. The van der Waals surface area contributed by atoms with E-state index in [0.29, 0.717) is 23.5 Å². The Morgan fingerprint density at radius 3 is 2.55 bits per heavy atom. The summed E-state index contributed by atoms with van der Waals surface area (Å²) in [6.45, 7) is 2.05. The maximum atomic E-state index is 12.0. The van der Waals surface area contributed by atoms with Gasteiger partial charge in [-0.25, -0.2) is 0 Å². The Bertz CT molecular complexity index is 515. The van der Waals surface area contributed by atoms with Crippen molar-refractivity contribution in [3.8, 4) is 11.5 Å². The lowest BCUT2D eigenvalue weighted by molar-refractivity contribution is -0.141. The Kier molecular flexibility index (Phi) is 7.22. The van der Waals surface area contributed by atoms with E-state index in [-0.39, 0.29) is 18.9 Å². The molecule has 1 atom stereocenters. The molecule has 1 aromatic carbocycles. The van der Waals surface area contributed by atoms with E-state index < -0.39 is 11.9 Å². The fraction of sp³-hybridized carbons (Fsp3) is 0.500. The topological polar surface area (TPSA) is 84.9 Å². The molecule has 2 N–H and O–H groups in total. The third kappa shape index (κ3) is 5.27. The highest BCUT2D eigenvalue weighted by Gasteiger charge is 2.18. The molecule has 0 bridgehead atoms. The molecule has 0 aliphatic rings. The van der Waals surface area contributed by atoms with Gasteiger partial charge in [-0.3, -0.25) is 9.59 Å². The van der Waals surface area contributed by atoms with Crippen LogP contribution in [0.15, 0.2) is 18.2 Å². The van der Waals surface area contributed by atoms with Crippen LogP contribution in [0.5, 0.6) is 11.5 Å². The molecule has 0 saturated carbocycles. The minimum absolute atomic E-state index is 0.110. The third-order valence-corrected chi connectivity index (χ3v) is 3.37. The Morgan fingerprint density at radius 2 is 2.00 bits per heavy atom. The number of ether oxygens (including phenoxy) is 2. The van der Waals surface area contributed by atoms with Crippen LogP contribution >= 0.6 is 0 Å². The van der Waals surface area contributed by atoms with Crippen molar-refractivity contribution in [3.05, 3.63) is 23.8 Å². The fourth-order valence-corrected chi connectivity index (χ4v) is 2.15. The summed E-state index contributed by atoms with van der Waals surface area (Å²) in [6.07, 6.45) is 1.41. The van der Waals surface area contributed by atoms with Gasteiger partial charge in [0, 0.05) is 12.1 Å². The molecular formula is C16H23NO5. The van der Waals surface area contributed by atoms with Crippen LogP contribution in [0, 0.1) is 5.92 Å². The molecule has 1 amide bonds. The molecule has 0 aliphatic heterocycles. The van der Waals surface area contributed by atoms with Gasteiger partial charge in [-0.15, -0.1) is 0 Å². The number of aliphatic carboxylic acids is 1. The summed E-state index contributed by atoms with van der Waals surface area (Å²) in [7, 11) is 3.08. The number of carboxylic acid groups (broad SMARTS) is 1. The number of carbonyl (C=O) groups is 2. The van der Waals surface area contributed by atoms with E-state index in [2.05, 4.69) is 5.32 Å². The molecule has 1 aromatic rings. The van der Waals surface area contributed by atoms with E-state index in [0.717, 1.165) is 6.42 Å². The first-order chi connectivity index (χ1) is 10.5. The average molecular weight is 309 g/mol. The first-order valence-electron chi connectivity index (χ1n) is 7.22. The predicted molar refractivity (Wildman–Crippen MR) is 82.3 cm³/mol. The Morgan fingerprint density at radius 1 is 1.27 bits per heavy atom. The third-order valence-electron chi connectivity index (χ3n) is 3.37. The molecule has 0 saturated heterocycles. The van der Waals surface area contributed by atoms with E-state index in [1.54, 1.807) is 25.3 Å². The standard InChI is InChI=1S/C16H23NO5/c1-4-5-11(16(19)20)10-17-15(18)9-12-8-13(21-2)6-7-14(12)22-3/h6-8,11H,4-5,9-10H2,1-3H3,(H,17,18)(H,19,20). The zero-order valence-electron chi connectivity index (χ0n) is 13.2. The van der Waals surface area contributed by atoms with Crippen molar-refractivity contribution < 1.29 is 24.2 Å². The minimum Gasteiger partial charge on any atom is -0.497 e. The Hall–Kier alpha value is -2.24.